The Hall–Kier alpha value is -0.730. The van der Waals surface area contributed by atoms with Gasteiger partial charge in [-0.15, -0.1) is 0 Å². The summed E-state index contributed by atoms with van der Waals surface area (Å²) in [7, 11) is 1.45. The van der Waals surface area contributed by atoms with E-state index in [4.69, 9.17) is 27.9 Å². The molecule has 0 heterocycles. The van der Waals surface area contributed by atoms with Crippen LogP contribution in [0.3, 0.4) is 0 Å². The summed E-state index contributed by atoms with van der Waals surface area (Å²) in [5.41, 5.74) is 1.08. The molecule has 4 heteroatoms. The Morgan fingerprint density at radius 3 is 2.63 bits per heavy atom. The van der Waals surface area contributed by atoms with Gasteiger partial charge in [0.15, 0.2) is 0 Å². The number of hydrogen-bond acceptors (Lipinski definition) is 2. The summed E-state index contributed by atoms with van der Waals surface area (Å²) in [6.07, 6.45) is 3.18. The second-order valence-electron chi connectivity index (χ2n) is 5.24. The third-order valence-electron chi connectivity index (χ3n) is 4.07. The Balaban J connectivity index is 2.33. The number of halogens is 2. The molecule has 104 valence electrons. The average Bonchev–Trinajstić information content (AvgIpc) is 2.41. The van der Waals surface area contributed by atoms with Gasteiger partial charge in [-0.2, -0.15) is 0 Å². The molecule has 1 aliphatic rings. The zero-order valence-corrected chi connectivity index (χ0v) is 12.7. The van der Waals surface area contributed by atoms with Crippen LogP contribution in [0.4, 0.5) is 0 Å². The molecule has 0 spiro atoms. The first-order valence-electron chi connectivity index (χ1n) is 6.57. The molecular weight excluding hydrogens is 283 g/mol. The van der Waals surface area contributed by atoms with Gasteiger partial charge in [-0.1, -0.05) is 42.6 Å². The molecule has 1 aromatic rings. The molecule has 1 aliphatic carbocycles. The summed E-state index contributed by atoms with van der Waals surface area (Å²) in [4.78, 5) is 12.0. The lowest BCUT2D eigenvalue weighted by atomic mass is 9.70. The van der Waals surface area contributed by atoms with Crippen molar-refractivity contribution in [1.82, 2.24) is 0 Å². The van der Waals surface area contributed by atoms with Crippen molar-refractivity contribution in [2.24, 2.45) is 11.8 Å². The Morgan fingerprint density at radius 2 is 2.00 bits per heavy atom. The number of hydrogen-bond donors (Lipinski definition) is 0. The van der Waals surface area contributed by atoms with Gasteiger partial charge < -0.3 is 4.74 Å². The molecule has 0 saturated heterocycles. The zero-order chi connectivity index (χ0) is 14.0. The fraction of sp³-hybridized carbons (Fsp3) is 0.533. The van der Waals surface area contributed by atoms with Crippen molar-refractivity contribution in [2.45, 2.75) is 32.1 Å². The average molecular weight is 301 g/mol. The van der Waals surface area contributed by atoms with E-state index in [0.717, 1.165) is 24.8 Å². The first kappa shape index (κ1) is 14.7. The second kappa shape index (κ2) is 6.15. The van der Waals surface area contributed by atoms with E-state index in [1.54, 1.807) is 6.07 Å². The van der Waals surface area contributed by atoms with E-state index in [9.17, 15) is 4.79 Å². The minimum atomic E-state index is -0.122. The standard InChI is InChI=1S/C15H18Cl2O2/c1-9-4-3-5-11(14(9)15(18)19-2)10-6-7-12(16)13(17)8-10/h6-9,11,14H,3-5H2,1-2H3. The quantitative estimate of drug-likeness (QED) is 0.741. The lowest BCUT2D eigenvalue weighted by Crippen LogP contribution is -2.32. The normalized spacial score (nSPS) is 27.1. The summed E-state index contributed by atoms with van der Waals surface area (Å²) in [6.45, 7) is 2.12. The first-order valence-corrected chi connectivity index (χ1v) is 7.33. The van der Waals surface area contributed by atoms with Crippen molar-refractivity contribution >= 4 is 29.2 Å². The molecule has 19 heavy (non-hydrogen) atoms. The van der Waals surface area contributed by atoms with Gasteiger partial charge in [0.1, 0.15) is 0 Å². The van der Waals surface area contributed by atoms with E-state index in [1.165, 1.54) is 7.11 Å². The molecule has 1 saturated carbocycles. The number of rotatable bonds is 2. The number of carbonyl (C=O) groups excluding carboxylic acids is 1. The Labute approximate surface area is 124 Å². The predicted molar refractivity (Wildman–Crippen MR) is 77.7 cm³/mol. The minimum Gasteiger partial charge on any atom is -0.469 e. The molecule has 2 rings (SSSR count). The van der Waals surface area contributed by atoms with Crippen LogP contribution in [0, 0.1) is 11.8 Å². The smallest absolute Gasteiger partial charge is 0.309 e. The molecule has 3 atom stereocenters. The van der Waals surface area contributed by atoms with E-state index < -0.39 is 0 Å². The second-order valence-corrected chi connectivity index (χ2v) is 6.05. The van der Waals surface area contributed by atoms with E-state index in [1.807, 2.05) is 12.1 Å². The highest BCUT2D eigenvalue weighted by molar-refractivity contribution is 6.42. The van der Waals surface area contributed by atoms with Crippen LogP contribution in [0.1, 0.15) is 37.7 Å². The monoisotopic (exact) mass is 300 g/mol. The summed E-state index contributed by atoms with van der Waals surface area (Å²) >= 11 is 12.0. The van der Waals surface area contributed by atoms with Crippen LogP contribution < -0.4 is 0 Å². The van der Waals surface area contributed by atoms with Gasteiger partial charge in [0, 0.05) is 0 Å². The van der Waals surface area contributed by atoms with Gasteiger partial charge in [0.25, 0.3) is 0 Å². The van der Waals surface area contributed by atoms with Crippen LogP contribution in [0.15, 0.2) is 18.2 Å². The highest BCUT2D eigenvalue weighted by Crippen LogP contribution is 2.42. The topological polar surface area (TPSA) is 26.3 Å². The lowest BCUT2D eigenvalue weighted by molar-refractivity contribution is -0.149. The van der Waals surface area contributed by atoms with Crippen LogP contribution in [0.5, 0.6) is 0 Å². The highest BCUT2D eigenvalue weighted by atomic mass is 35.5. The largest absolute Gasteiger partial charge is 0.469 e. The van der Waals surface area contributed by atoms with Crippen molar-refractivity contribution < 1.29 is 9.53 Å². The number of esters is 1. The van der Waals surface area contributed by atoms with Gasteiger partial charge >= 0.3 is 5.97 Å². The summed E-state index contributed by atoms with van der Waals surface area (Å²) in [5.74, 6) is 0.297. The number of carbonyl (C=O) groups is 1. The van der Waals surface area contributed by atoms with Gasteiger partial charge in [-0.25, -0.2) is 0 Å². The van der Waals surface area contributed by atoms with Gasteiger partial charge in [0.05, 0.1) is 23.1 Å². The van der Waals surface area contributed by atoms with Crippen LogP contribution in [-0.2, 0) is 9.53 Å². The molecule has 0 amide bonds. The Morgan fingerprint density at radius 1 is 1.26 bits per heavy atom. The van der Waals surface area contributed by atoms with Crippen LogP contribution in [-0.4, -0.2) is 13.1 Å². The van der Waals surface area contributed by atoms with Gasteiger partial charge in [0.2, 0.25) is 0 Å². The molecule has 0 N–H and O–H groups in total. The SMILES string of the molecule is COC(=O)C1C(C)CCCC1c1ccc(Cl)c(Cl)c1. The maximum Gasteiger partial charge on any atom is 0.309 e. The molecule has 0 radical (unpaired) electrons. The van der Waals surface area contributed by atoms with Crippen molar-refractivity contribution in [3.8, 4) is 0 Å². The van der Waals surface area contributed by atoms with Crippen molar-refractivity contribution in [1.29, 1.82) is 0 Å². The van der Waals surface area contributed by atoms with Gasteiger partial charge in [-0.05, 0) is 42.4 Å². The molecule has 0 bridgehead atoms. The lowest BCUT2D eigenvalue weighted by Gasteiger charge is -2.35. The number of methoxy groups -OCH3 is 1. The molecule has 1 aromatic carbocycles. The molecule has 3 unspecified atom stereocenters. The molecule has 0 aromatic heterocycles. The molecule has 1 fully saturated rings. The summed E-state index contributed by atoms with van der Waals surface area (Å²) in [6, 6.07) is 5.64. The molecule has 2 nitrogen and oxygen atoms in total. The van der Waals surface area contributed by atoms with Crippen molar-refractivity contribution in [3.05, 3.63) is 33.8 Å². The maximum absolute atomic E-state index is 12.0. The number of ether oxygens (including phenoxy) is 1. The van der Waals surface area contributed by atoms with E-state index in [0.29, 0.717) is 16.0 Å². The van der Waals surface area contributed by atoms with E-state index in [-0.39, 0.29) is 17.8 Å². The summed E-state index contributed by atoms with van der Waals surface area (Å²) < 4.78 is 4.97. The third kappa shape index (κ3) is 3.06. The highest BCUT2D eigenvalue weighted by Gasteiger charge is 2.37. The van der Waals surface area contributed by atoms with Gasteiger partial charge in [-0.3, -0.25) is 4.79 Å². The van der Waals surface area contributed by atoms with E-state index in [2.05, 4.69) is 6.92 Å². The third-order valence-corrected chi connectivity index (χ3v) is 4.81. The summed E-state index contributed by atoms with van der Waals surface area (Å²) in [5, 5.41) is 1.09. The molecular formula is C15H18Cl2O2. The zero-order valence-electron chi connectivity index (χ0n) is 11.2. The van der Waals surface area contributed by atoms with Crippen molar-refractivity contribution in [3.63, 3.8) is 0 Å². The number of benzene rings is 1. The fourth-order valence-electron chi connectivity index (χ4n) is 3.07. The first-order chi connectivity index (χ1) is 9.04. The Kier molecular flexibility index (Phi) is 4.75. The maximum atomic E-state index is 12.0. The fourth-order valence-corrected chi connectivity index (χ4v) is 3.37. The van der Waals surface area contributed by atoms with Crippen LogP contribution in [0.25, 0.3) is 0 Å². The van der Waals surface area contributed by atoms with Crippen molar-refractivity contribution in [2.75, 3.05) is 7.11 Å². The van der Waals surface area contributed by atoms with Crippen LogP contribution in [0.2, 0.25) is 10.0 Å². The van der Waals surface area contributed by atoms with Crippen LogP contribution >= 0.6 is 23.2 Å². The Bertz CT molecular complexity index is 473. The van der Waals surface area contributed by atoms with E-state index >= 15 is 0 Å². The minimum absolute atomic E-state index is 0.0870. The molecule has 0 aliphatic heterocycles. The predicted octanol–water partition coefficient (Wildman–Crippen LogP) is 4.69.